The Morgan fingerprint density at radius 1 is 1.20 bits per heavy atom. The number of anilines is 1. The van der Waals surface area contributed by atoms with Crippen LogP contribution in [0.2, 0.25) is 0 Å². The van der Waals surface area contributed by atoms with Gasteiger partial charge >= 0.3 is 0 Å². The van der Waals surface area contributed by atoms with Crippen LogP contribution in [0.4, 0.5) is 5.69 Å². The molecule has 0 radical (unpaired) electrons. The van der Waals surface area contributed by atoms with Crippen LogP contribution >= 0.6 is 0 Å². The van der Waals surface area contributed by atoms with E-state index in [1.165, 1.54) is 49.9 Å². The second-order valence-electron chi connectivity index (χ2n) is 6.27. The van der Waals surface area contributed by atoms with Crippen molar-refractivity contribution in [2.75, 3.05) is 25.0 Å². The first kappa shape index (κ1) is 15.4. The molecule has 0 saturated heterocycles. The molecule has 0 aliphatic heterocycles. The molecular formula is C18H30N2. The summed E-state index contributed by atoms with van der Waals surface area (Å²) in [6.07, 6.45) is 6.75. The van der Waals surface area contributed by atoms with E-state index in [2.05, 4.69) is 55.4 Å². The highest BCUT2D eigenvalue weighted by Gasteiger charge is 2.25. The van der Waals surface area contributed by atoms with Crippen LogP contribution in [0.1, 0.15) is 44.6 Å². The number of nitrogens with zero attached hydrogens (tertiary/aromatic N) is 1. The van der Waals surface area contributed by atoms with E-state index in [-0.39, 0.29) is 0 Å². The molecule has 0 aromatic heterocycles. The van der Waals surface area contributed by atoms with Crippen LogP contribution in [-0.4, -0.2) is 26.2 Å². The zero-order chi connectivity index (χ0) is 14.4. The van der Waals surface area contributed by atoms with Gasteiger partial charge in [-0.3, -0.25) is 0 Å². The van der Waals surface area contributed by atoms with E-state index < -0.39 is 0 Å². The molecular weight excluding hydrogens is 244 g/mol. The molecule has 1 aliphatic carbocycles. The quantitative estimate of drug-likeness (QED) is 0.844. The van der Waals surface area contributed by atoms with Crippen molar-refractivity contribution in [1.82, 2.24) is 5.32 Å². The van der Waals surface area contributed by atoms with Gasteiger partial charge in [0.05, 0.1) is 0 Å². The fraction of sp³-hybridized carbons (Fsp3) is 0.667. The average molecular weight is 274 g/mol. The lowest BCUT2D eigenvalue weighted by atomic mass is 9.84. The summed E-state index contributed by atoms with van der Waals surface area (Å²) in [5.74, 6) is 0.792. The second-order valence-corrected chi connectivity index (χ2v) is 6.27. The Labute approximate surface area is 124 Å². The molecule has 0 spiro atoms. The zero-order valence-electron chi connectivity index (χ0n) is 13.4. The lowest BCUT2D eigenvalue weighted by Gasteiger charge is -2.36. The molecule has 2 heteroatoms. The number of nitrogens with one attached hydrogen (secondary N) is 1. The van der Waals surface area contributed by atoms with Crippen molar-refractivity contribution in [2.45, 2.75) is 52.0 Å². The van der Waals surface area contributed by atoms with Gasteiger partial charge < -0.3 is 10.2 Å². The van der Waals surface area contributed by atoms with E-state index in [4.69, 9.17) is 0 Å². The molecule has 1 fully saturated rings. The van der Waals surface area contributed by atoms with Gasteiger partial charge in [-0.15, -0.1) is 0 Å². The standard InChI is InChI=1S/C18H30N2/c1-4-13-19-17-11-7-6-10-16(17)14-20(3)18-12-8-5-9-15(18)2/h5,8-9,12,16-17,19H,4,6-7,10-11,13-14H2,1-3H3. The number of aryl methyl sites for hydroxylation is 1. The summed E-state index contributed by atoms with van der Waals surface area (Å²) in [5.41, 5.74) is 2.76. The van der Waals surface area contributed by atoms with Crippen molar-refractivity contribution < 1.29 is 0 Å². The molecule has 112 valence electrons. The van der Waals surface area contributed by atoms with Gasteiger partial charge in [0.1, 0.15) is 0 Å². The SMILES string of the molecule is CCCNC1CCCCC1CN(C)c1ccccc1C. The Morgan fingerprint density at radius 2 is 1.95 bits per heavy atom. The molecule has 2 atom stereocenters. The van der Waals surface area contributed by atoms with Crippen molar-refractivity contribution in [3.63, 3.8) is 0 Å². The summed E-state index contributed by atoms with van der Waals surface area (Å²) in [6, 6.07) is 9.44. The first-order chi connectivity index (χ1) is 9.72. The molecule has 2 rings (SSSR count). The van der Waals surface area contributed by atoms with E-state index in [1.807, 2.05) is 0 Å². The van der Waals surface area contributed by atoms with Gasteiger partial charge in [-0.1, -0.05) is 38.0 Å². The zero-order valence-corrected chi connectivity index (χ0v) is 13.4. The average Bonchev–Trinajstić information content (AvgIpc) is 2.46. The minimum Gasteiger partial charge on any atom is -0.374 e. The predicted molar refractivity (Wildman–Crippen MR) is 88.5 cm³/mol. The molecule has 1 aromatic rings. The first-order valence-electron chi connectivity index (χ1n) is 8.22. The van der Waals surface area contributed by atoms with E-state index >= 15 is 0 Å². The van der Waals surface area contributed by atoms with Gasteiger partial charge in [0.25, 0.3) is 0 Å². The molecule has 1 N–H and O–H groups in total. The molecule has 0 heterocycles. The van der Waals surface area contributed by atoms with Gasteiger partial charge in [0.15, 0.2) is 0 Å². The fourth-order valence-corrected chi connectivity index (χ4v) is 3.47. The summed E-state index contributed by atoms with van der Waals surface area (Å²) < 4.78 is 0. The van der Waals surface area contributed by atoms with E-state index in [1.54, 1.807) is 0 Å². The lowest BCUT2D eigenvalue weighted by molar-refractivity contribution is 0.266. The Morgan fingerprint density at radius 3 is 2.70 bits per heavy atom. The van der Waals surface area contributed by atoms with Crippen LogP contribution < -0.4 is 10.2 Å². The van der Waals surface area contributed by atoms with Crippen LogP contribution in [0.3, 0.4) is 0 Å². The minimum atomic E-state index is 0.718. The van der Waals surface area contributed by atoms with Gasteiger partial charge in [-0.05, 0) is 50.3 Å². The summed E-state index contributed by atoms with van der Waals surface area (Å²) in [5, 5.41) is 3.77. The predicted octanol–water partition coefficient (Wildman–Crippen LogP) is 3.99. The van der Waals surface area contributed by atoms with Gasteiger partial charge in [0.2, 0.25) is 0 Å². The number of benzene rings is 1. The minimum absolute atomic E-state index is 0.718. The molecule has 1 aliphatic rings. The smallest absolute Gasteiger partial charge is 0.0393 e. The third kappa shape index (κ3) is 3.99. The van der Waals surface area contributed by atoms with Crippen LogP contribution in [-0.2, 0) is 0 Å². The maximum absolute atomic E-state index is 3.77. The third-order valence-electron chi connectivity index (χ3n) is 4.60. The van der Waals surface area contributed by atoms with Crippen molar-refractivity contribution in [3.05, 3.63) is 29.8 Å². The van der Waals surface area contributed by atoms with Gasteiger partial charge in [-0.25, -0.2) is 0 Å². The van der Waals surface area contributed by atoms with Crippen LogP contribution in [0.15, 0.2) is 24.3 Å². The normalized spacial score (nSPS) is 22.8. The van der Waals surface area contributed by atoms with Crippen LogP contribution in [0, 0.1) is 12.8 Å². The molecule has 20 heavy (non-hydrogen) atoms. The fourth-order valence-electron chi connectivity index (χ4n) is 3.47. The molecule has 2 unspecified atom stereocenters. The summed E-state index contributed by atoms with van der Waals surface area (Å²) >= 11 is 0. The van der Waals surface area contributed by atoms with Gasteiger partial charge in [0, 0.05) is 25.3 Å². The largest absolute Gasteiger partial charge is 0.374 e. The molecule has 1 aromatic carbocycles. The number of hydrogen-bond acceptors (Lipinski definition) is 2. The summed E-state index contributed by atoms with van der Waals surface area (Å²) in [4.78, 5) is 2.45. The third-order valence-corrected chi connectivity index (χ3v) is 4.60. The van der Waals surface area contributed by atoms with E-state index in [0.717, 1.165) is 18.5 Å². The van der Waals surface area contributed by atoms with Crippen molar-refractivity contribution in [3.8, 4) is 0 Å². The number of para-hydroxylation sites is 1. The van der Waals surface area contributed by atoms with Crippen LogP contribution in [0.5, 0.6) is 0 Å². The Hall–Kier alpha value is -1.02. The van der Waals surface area contributed by atoms with E-state index in [9.17, 15) is 0 Å². The molecule has 0 bridgehead atoms. The highest BCUT2D eigenvalue weighted by molar-refractivity contribution is 5.52. The maximum atomic E-state index is 3.77. The number of hydrogen-bond donors (Lipinski definition) is 1. The maximum Gasteiger partial charge on any atom is 0.0393 e. The second kappa shape index (κ2) is 7.68. The van der Waals surface area contributed by atoms with Crippen molar-refractivity contribution in [2.24, 2.45) is 5.92 Å². The number of rotatable bonds is 6. The molecule has 2 nitrogen and oxygen atoms in total. The topological polar surface area (TPSA) is 15.3 Å². The van der Waals surface area contributed by atoms with Crippen LogP contribution in [0.25, 0.3) is 0 Å². The lowest BCUT2D eigenvalue weighted by Crippen LogP contribution is -2.43. The highest BCUT2D eigenvalue weighted by atomic mass is 15.1. The summed E-state index contributed by atoms with van der Waals surface area (Å²) in [7, 11) is 2.24. The van der Waals surface area contributed by atoms with Crippen molar-refractivity contribution in [1.29, 1.82) is 0 Å². The van der Waals surface area contributed by atoms with Crippen molar-refractivity contribution >= 4 is 5.69 Å². The molecule has 0 amide bonds. The molecule has 1 saturated carbocycles. The first-order valence-corrected chi connectivity index (χ1v) is 8.22. The Balaban J connectivity index is 1.97. The Kier molecular flexibility index (Phi) is 5.90. The van der Waals surface area contributed by atoms with Gasteiger partial charge in [-0.2, -0.15) is 0 Å². The van der Waals surface area contributed by atoms with E-state index in [0.29, 0.717) is 0 Å². The Bertz CT molecular complexity index is 402. The summed E-state index contributed by atoms with van der Waals surface area (Å²) in [6.45, 7) is 6.80. The monoisotopic (exact) mass is 274 g/mol. The highest BCUT2D eigenvalue weighted by Crippen LogP contribution is 2.27.